The van der Waals surface area contributed by atoms with Crippen molar-refractivity contribution in [2.24, 2.45) is 0 Å². The number of nitrogens with zero attached hydrogens (tertiary/aromatic N) is 1. The molecular weight excluding hydrogens is 326 g/mol. The SMILES string of the molecule is N#Cc1c(F)cccc1S(=O)(=O)NCC(O)c1ccccc1F. The summed E-state index contributed by atoms with van der Waals surface area (Å²) in [4.78, 5) is -0.541. The highest BCUT2D eigenvalue weighted by Gasteiger charge is 2.23. The molecule has 0 radical (unpaired) electrons. The first-order valence-corrected chi connectivity index (χ1v) is 7.96. The predicted molar refractivity (Wildman–Crippen MR) is 77.7 cm³/mol. The van der Waals surface area contributed by atoms with Crippen LogP contribution in [0.5, 0.6) is 0 Å². The first-order valence-electron chi connectivity index (χ1n) is 6.47. The molecule has 0 bridgehead atoms. The van der Waals surface area contributed by atoms with Gasteiger partial charge in [-0.25, -0.2) is 21.9 Å². The van der Waals surface area contributed by atoms with Gasteiger partial charge in [-0.2, -0.15) is 5.26 Å². The Balaban J connectivity index is 2.22. The molecule has 1 unspecified atom stereocenters. The number of nitriles is 1. The minimum Gasteiger partial charge on any atom is -0.387 e. The summed E-state index contributed by atoms with van der Waals surface area (Å²) in [6.07, 6.45) is -1.43. The van der Waals surface area contributed by atoms with Gasteiger partial charge in [0.1, 0.15) is 28.2 Å². The van der Waals surface area contributed by atoms with Crippen LogP contribution in [0.3, 0.4) is 0 Å². The van der Waals surface area contributed by atoms with E-state index in [4.69, 9.17) is 5.26 Å². The fraction of sp³-hybridized carbons (Fsp3) is 0.133. The van der Waals surface area contributed by atoms with Gasteiger partial charge in [-0.3, -0.25) is 0 Å². The third-order valence-electron chi connectivity index (χ3n) is 3.11. The van der Waals surface area contributed by atoms with Crippen molar-refractivity contribution in [2.75, 3.05) is 6.54 Å². The average Bonchev–Trinajstić information content (AvgIpc) is 2.53. The van der Waals surface area contributed by atoms with Gasteiger partial charge >= 0.3 is 0 Å². The summed E-state index contributed by atoms with van der Waals surface area (Å²) >= 11 is 0. The molecule has 2 rings (SSSR count). The summed E-state index contributed by atoms with van der Waals surface area (Å²) in [5, 5.41) is 18.8. The molecule has 8 heteroatoms. The molecule has 23 heavy (non-hydrogen) atoms. The van der Waals surface area contributed by atoms with E-state index in [1.807, 2.05) is 4.72 Å². The highest BCUT2D eigenvalue weighted by molar-refractivity contribution is 7.89. The minimum absolute atomic E-state index is 0.0741. The number of halogens is 2. The molecular formula is C15H12F2N2O3S. The number of hydrogen-bond donors (Lipinski definition) is 2. The van der Waals surface area contributed by atoms with E-state index >= 15 is 0 Å². The molecule has 1 atom stereocenters. The lowest BCUT2D eigenvalue weighted by Gasteiger charge is -2.14. The number of benzene rings is 2. The molecule has 120 valence electrons. The maximum absolute atomic E-state index is 13.5. The Kier molecular flexibility index (Phi) is 5.05. The summed E-state index contributed by atoms with van der Waals surface area (Å²) in [6, 6.07) is 10.0. The Morgan fingerprint density at radius 1 is 1.13 bits per heavy atom. The Bertz CT molecular complexity index is 863. The molecule has 2 aromatic rings. The van der Waals surface area contributed by atoms with Gasteiger partial charge in [-0.15, -0.1) is 0 Å². The van der Waals surface area contributed by atoms with Crippen molar-refractivity contribution in [2.45, 2.75) is 11.0 Å². The molecule has 0 saturated carbocycles. The fourth-order valence-electron chi connectivity index (χ4n) is 1.96. The lowest BCUT2D eigenvalue weighted by atomic mass is 10.1. The number of rotatable bonds is 5. The zero-order chi connectivity index (χ0) is 17.0. The Labute approximate surface area is 131 Å². The van der Waals surface area contributed by atoms with Crippen LogP contribution >= 0.6 is 0 Å². The molecule has 0 heterocycles. The van der Waals surface area contributed by atoms with Crippen LogP contribution in [-0.4, -0.2) is 20.1 Å². The quantitative estimate of drug-likeness (QED) is 0.870. The van der Waals surface area contributed by atoms with E-state index in [1.54, 1.807) is 0 Å². The Morgan fingerprint density at radius 3 is 2.43 bits per heavy atom. The molecule has 0 spiro atoms. The zero-order valence-corrected chi connectivity index (χ0v) is 12.5. The molecule has 0 aliphatic rings. The molecule has 0 fully saturated rings. The number of nitrogens with one attached hydrogen (secondary N) is 1. The molecule has 2 N–H and O–H groups in total. The van der Waals surface area contributed by atoms with Crippen LogP contribution in [0.1, 0.15) is 17.2 Å². The van der Waals surface area contributed by atoms with Crippen molar-refractivity contribution >= 4 is 10.0 Å². The van der Waals surface area contributed by atoms with Crippen LogP contribution in [0.25, 0.3) is 0 Å². The van der Waals surface area contributed by atoms with E-state index in [-0.39, 0.29) is 5.56 Å². The summed E-state index contributed by atoms with van der Waals surface area (Å²) in [5.41, 5.74) is -0.699. The van der Waals surface area contributed by atoms with Crippen molar-refractivity contribution < 1.29 is 22.3 Å². The largest absolute Gasteiger partial charge is 0.387 e. The minimum atomic E-state index is -4.24. The van der Waals surface area contributed by atoms with E-state index in [9.17, 15) is 22.3 Å². The number of aliphatic hydroxyl groups is 1. The lowest BCUT2D eigenvalue weighted by molar-refractivity contribution is 0.177. The normalized spacial score (nSPS) is 12.6. The van der Waals surface area contributed by atoms with Crippen LogP contribution in [0, 0.1) is 23.0 Å². The van der Waals surface area contributed by atoms with Gasteiger partial charge in [-0.05, 0) is 18.2 Å². The number of sulfonamides is 1. The zero-order valence-electron chi connectivity index (χ0n) is 11.7. The maximum Gasteiger partial charge on any atom is 0.242 e. The van der Waals surface area contributed by atoms with Crippen molar-refractivity contribution in [3.05, 3.63) is 65.2 Å². The van der Waals surface area contributed by atoms with Gasteiger partial charge in [0.25, 0.3) is 0 Å². The number of aliphatic hydroxyl groups excluding tert-OH is 1. The van der Waals surface area contributed by atoms with E-state index in [2.05, 4.69) is 0 Å². The first-order chi connectivity index (χ1) is 10.9. The molecule has 2 aromatic carbocycles. The van der Waals surface area contributed by atoms with Gasteiger partial charge in [0, 0.05) is 12.1 Å². The third kappa shape index (κ3) is 3.71. The van der Waals surface area contributed by atoms with E-state index in [0.29, 0.717) is 0 Å². The van der Waals surface area contributed by atoms with E-state index in [0.717, 1.165) is 24.3 Å². The second kappa shape index (κ2) is 6.83. The highest BCUT2D eigenvalue weighted by atomic mass is 32.2. The van der Waals surface area contributed by atoms with Crippen LogP contribution in [0.4, 0.5) is 8.78 Å². The maximum atomic E-state index is 13.5. The topological polar surface area (TPSA) is 90.2 Å². The predicted octanol–water partition coefficient (Wildman–Crippen LogP) is 1.85. The molecule has 0 saturated heterocycles. The summed E-state index contributed by atoms with van der Waals surface area (Å²) in [5.74, 6) is -1.65. The fourth-order valence-corrected chi connectivity index (χ4v) is 3.16. The van der Waals surface area contributed by atoms with Gasteiger partial charge < -0.3 is 5.11 Å². The standard InChI is InChI=1S/C15H12F2N2O3S/c16-12-5-2-1-4-10(12)14(20)9-19-23(21,22)15-7-3-6-13(17)11(15)8-18/h1-7,14,19-20H,9H2. The summed E-state index contributed by atoms with van der Waals surface area (Å²) in [7, 11) is -4.24. The van der Waals surface area contributed by atoms with E-state index in [1.165, 1.54) is 24.3 Å². The lowest BCUT2D eigenvalue weighted by Crippen LogP contribution is -2.29. The first kappa shape index (κ1) is 17.0. The van der Waals surface area contributed by atoms with Crippen LogP contribution in [0.2, 0.25) is 0 Å². The smallest absolute Gasteiger partial charge is 0.242 e. The highest BCUT2D eigenvalue weighted by Crippen LogP contribution is 2.20. The van der Waals surface area contributed by atoms with Gasteiger partial charge in [0.05, 0.1) is 6.10 Å². The van der Waals surface area contributed by atoms with E-state index < -0.39 is 44.8 Å². The van der Waals surface area contributed by atoms with Gasteiger partial charge in [0.15, 0.2) is 0 Å². The molecule has 0 aliphatic carbocycles. The molecule has 0 amide bonds. The molecule has 0 aromatic heterocycles. The van der Waals surface area contributed by atoms with Crippen LogP contribution < -0.4 is 4.72 Å². The Morgan fingerprint density at radius 2 is 1.78 bits per heavy atom. The van der Waals surface area contributed by atoms with Crippen LogP contribution in [-0.2, 0) is 10.0 Å². The second-order valence-corrected chi connectivity index (χ2v) is 6.35. The van der Waals surface area contributed by atoms with Gasteiger partial charge in [-0.1, -0.05) is 24.3 Å². The third-order valence-corrected chi connectivity index (χ3v) is 4.57. The summed E-state index contributed by atoms with van der Waals surface area (Å²) < 4.78 is 53.4. The molecule has 0 aliphatic heterocycles. The Hall–Kier alpha value is -2.34. The average molecular weight is 338 g/mol. The summed E-state index contributed by atoms with van der Waals surface area (Å²) in [6.45, 7) is -0.523. The van der Waals surface area contributed by atoms with Crippen molar-refractivity contribution in [1.82, 2.24) is 4.72 Å². The van der Waals surface area contributed by atoms with Crippen molar-refractivity contribution in [3.8, 4) is 6.07 Å². The van der Waals surface area contributed by atoms with Gasteiger partial charge in [0.2, 0.25) is 10.0 Å². The second-order valence-electron chi connectivity index (χ2n) is 4.61. The number of hydrogen-bond acceptors (Lipinski definition) is 4. The van der Waals surface area contributed by atoms with Crippen molar-refractivity contribution in [1.29, 1.82) is 5.26 Å². The molecule has 5 nitrogen and oxygen atoms in total. The van der Waals surface area contributed by atoms with Crippen molar-refractivity contribution in [3.63, 3.8) is 0 Å². The van der Waals surface area contributed by atoms with Crippen LogP contribution in [0.15, 0.2) is 47.4 Å². The monoisotopic (exact) mass is 338 g/mol.